The van der Waals surface area contributed by atoms with E-state index in [-0.39, 0.29) is 21.6 Å². The number of nitrogens with zero attached hydrogens (tertiary/aromatic N) is 2. The zero-order valence-electron chi connectivity index (χ0n) is 10.9. The van der Waals surface area contributed by atoms with Gasteiger partial charge in [-0.05, 0) is 25.3 Å². The summed E-state index contributed by atoms with van der Waals surface area (Å²) in [6.07, 6.45) is 2.81. The van der Waals surface area contributed by atoms with Crippen LogP contribution >= 0.6 is 23.2 Å². The summed E-state index contributed by atoms with van der Waals surface area (Å²) < 4.78 is 0. The zero-order chi connectivity index (χ0) is 14.9. The Labute approximate surface area is 126 Å². The third-order valence-electron chi connectivity index (χ3n) is 3.76. The predicted molar refractivity (Wildman–Crippen MR) is 75.2 cm³/mol. The summed E-state index contributed by atoms with van der Waals surface area (Å²) in [5.41, 5.74) is -0.885. The van der Waals surface area contributed by atoms with Crippen LogP contribution in [0.5, 0.6) is 0 Å². The lowest BCUT2D eigenvalue weighted by molar-refractivity contribution is -0.148. The maximum atomic E-state index is 12.5. The first-order valence-corrected chi connectivity index (χ1v) is 7.04. The number of halogens is 2. The number of hydrogen-bond donors (Lipinski definition) is 1. The van der Waals surface area contributed by atoms with E-state index in [1.165, 1.54) is 17.2 Å². The van der Waals surface area contributed by atoms with Gasteiger partial charge in [0.15, 0.2) is 0 Å². The quantitative estimate of drug-likeness (QED) is 0.870. The third-order valence-corrected chi connectivity index (χ3v) is 4.45. The van der Waals surface area contributed by atoms with Crippen LogP contribution < -0.4 is 0 Å². The number of hydrogen-bond acceptors (Lipinski definition) is 3. The van der Waals surface area contributed by atoms with E-state index in [1.54, 1.807) is 6.92 Å². The number of carboxylic acids is 1. The van der Waals surface area contributed by atoms with Crippen molar-refractivity contribution in [2.45, 2.75) is 31.7 Å². The van der Waals surface area contributed by atoms with E-state index in [2.05, 4.69) is 4.98 Å². The molecule has 20 heavy (non-hydrogen) atoms. The number of carbonyl (C=O) groups is 2. The first-order chi connectivity index (χ1) is 9.42. The van der Waals surface area contributed by atoms with E-state index in [1.807, 2.05) is 0 Å². The first kappa shape index (κ1) is 15.1. The molecule has 1 aliphatic heterocycles. The van der Waals surface area contributed by atoms with Crippen LogP contribution in [0.15, 0.2) is 12.3 Å². The second-order valence-corrected chi connectivity index (χ2v) is 5.51. The Balaban J connectivity index is 2.36. The van der Waals surface area contributed by atoms with Crippen molar-refractivity contribution >= 4 is 35.1 Å². The Morgan fingerprint density at radius 3 is 2.75 bits per heavy atom. The highest BCUT2D eigenvalue weighted by atomic mass is 35.5. The average molecular weight is 317 g/mol. The molecule has 1 amide bonds. The second kappa shape index (κ2) is 5.58. The van der Waals surface area contributed by atoms with Crippen molar-refractivity contribution in [3.8, 4) is 0 Å². The van der Waals surface area contributed by atoms with Gasteiger partial charge in [0.1, 0.15) is 10.7 Å². The fraction of sp³-hybridized carbons (Fsp3) is 0.462. The molecule has 108 valence electrons. The van der Waals surface area contributed by atoms with Crippen LogP contribution in [0, 0.1) is 0 Å². The molecule has 1 aromatic heterocycles. The molecule has 1 saturated heterocycles. The molecule has 2 heterocycles. The van der Waals surface area contributed by atoms with E-state index < -0.39 is 11.5 Å². The first-order valence-electron chi connectivity index (χ1n) is 6.29. The minimum absolute atomic E-state index is 0.115. The molecular formula is C13H14Cl2N2O3. The van der Waals surface area contributed by atoms with Crippen molar-refractivity contribution in [2.75, 3.05) is 6.54 Å². The number of aliphatic carboxylic acids is 1. The molecule has 7 heteroatoms. The minimum Gasteiger partial charge on any atom is -0.479 e. The SMILES string of the molecule is CCC1(C(=O)O)CCCN1C(=O)c1cnc(Cl)c(Cl)c1. The Hall–Kier alpha value is -1.33. The summed E-state index contributed by atoms with van der Waals surface area (Å²) >= 11 is 11.6. The van der Waals surface area contributed by atoms with Gasteiger partial charge in [-0.1, -0.05) is 30.1 Å². The molecule has 1 fully saturated rings. The molecule has 5 nitrogen and oxygen atoms in total. The van der Waals surface area contributed by atoms with Crippen LogP contribution in [-0.2, 0) is 4.79 Å². The van der Waals surface area contributed by atoms with Gasteiger partial charge < -0.3 is 10.0 Å². The van der Waals surface area contributed by atoms with E-state index in [0.717, 1.165) is 0 Å². The average Bonchev–Trinajstić information content (AvgIpc) is 2.86. The Morgan fingerprint density at radius 1 is 1.50 bits per heavy atom. The van der Waals surface area contributed by atoms with Gasteiger partial charge in [0.05, 0.1) is 10.6 Å². The molecular weight excluding hydrogens is 303 g/mol. The summed E-state index contributed by atoms with van der Waals surface area (Å²) in [4.78, 5) is 29.3. The van der Waals surface area contributed by atoms with Gasteiger partial charge in [-0.15, -0.1) is 0 Å². The summed E-state index contributed by atoms with van der Waals surface area (Å²) in [5.74, 6) is -1.35. The minimum atomic E-state index is -1.14. The maximum Gasteiger partial charge on any atom is 0.329 e. The third kappa shape index (κ3) is 2.36. The normalized spacial score (nSPS) is 22.1. The van der Waals surface area contributed by atoms with Crippen molar-refractivity contribution in [3.05, 3.63) is 28.0 Å². The summed E-state index contributed by atoms with van der Waals surface area (Å²) in [6, 6.07) is 1.42. The molecule has 1 aromatic rings. The van der Waals surface area contributed by atoms with Crippen LogP contribution in [-0.4, -0.2) is 39.0 Å². The smallest absolute Gasteiger partial charge is 0.329 e. The van der Waals surface area contributed by atoms with Crippen LogP contribution in [0.2, 0.25) is 10.2 Å². The largest absolute Gasteiger partial charge is 0.479 e. The van der Waals surface area contributed by atoms with Crippen LogP contribution in [0.1, 0.15) is 36.5 Å². The highest BCUT2D eigenvalue weighted by molar-refractivity contribution is 6.41. The second-order valence-electron chi connectivity index (χ2n) is 4.75. The lowest BCUT2D eigenvalue weighted by atomic mass is 9.92. The van der Waals surface area contributed by atoms with Gasteiger partial charge in [-0.2, -0.15) is 0 Å². The van der Waals surface area contributed by atoms with Crippen molar-refractivity contribution in [2.24, 2.45) is 0 Å². The molecule has 0 aromatic carbocycles. The number of carbonyl (C=O) groups excluding carboxylic acids is 1. The van der Waals surface area contributed by atoms with Crippen molar-refractivity contribution in [3.63, 3.8) is 0 Å². The van der Waals surface area contributed by atoms with Gasteiger partial charge >= 0.3 is 5.97 Å². The molecule has 1 N–H and O–H groups in total. The summed E-state index contributed by atoms with van der Waals surface area (Å²) in [7, 11) is 0. The number of pyridine rings is 1. The number of carboxylic acid groups (broad SMARTS) is 1. The maximum absolute atomic E-state index is 12.5. The number of rotatable bonds is 3. The summed E-state index contributed by atoms with van der Waals surface area (Å²) in [5, 5.41) is 9.76. The highest BCUT2D eigenvalue weighted by Gasteiger charge is 2.48. The fourth-order valence-corrected chi connectivity index (χ4v) is 2.88. The number of likely N-dealkylation sites (tertiary alicyclic amines) is 1. The Morgan fingerprint density at radius 2 is 2.20 bits per heavy atom. The zero-order valence-corrected chi connectivity index (χ0v) is 12.4. The Kier molecular flexibility index (Phi) is 4.20. The topological polar surface area (TPSA) is 70.5 Å². The molecule has 1 aliphatic rings. The Bertz CT molecular complexity index is 565. The van der Waals surface area contributed by atoms with Crippen LogP contribution in [0.25, 0.3) is 0 Å². The van der Waals surface area contributed by atoms with E-state index in [4.69, 9.17) is 23.2 Å². The molecule has 1 unspecified atom stereocenters. The monoisotopic (exact) mass is 316 g/mol. The number of amides is 1. The van der Waals surface area contributed by atoms with Gasteiger partial charge in [0.2, 0.25) is 0 Å². The molecule has 0 spiro atoms. The standard InChI is InChI=1S/C13H14Cl2N2O3/c1-2-13(12(19)20)4-3-5-17(13)11(18)8-6-9(14)10(15)16-7-8/h6-7H,2-5H2,1H3,(H,19,20). The molecule has 0 aliphatic carbocycles. The highest BCUT2D eigenvalue weighted by Crippen LogP contribution is 2.34. The molecule has 0 saturated carbocycles. The van der Waals surface area contributed by atoms with E-state index >= 15 is 0 Å². The summed E-state index contributed by atoms with van der Waals surface area (Å²) in [6.45, 7) is 2.19. The molecule has 0 bridgehead atoms. The lowest BCUT2D eigenvalue weighted by Gasteiger charge is -2.33. The van der Waals surface area contributed by atoms with Crippen molar-refractivity contribution < 1.29 is 14.7 Å². The van der Waals surface area contributed by atoms with E-state index in [9.17, 15) is 14.7 Å². The van der Waals surface area contributed by atoms with Crippen molar-refractivity contribution in [1.29, 1.82) is 0 Å². The van der Waals surface area contributed by atoms with Gasteiger partial charge in [-0.3, -0.25) is 4.79 Å². The van der Waals surface area contributed by atoms with Crippen LogP contribution in [0.4, 0.5) is 0 Å². The molecule has 2 rings (SSSR count). The van der Waals surface area contributed by atoms with Gasteiger partial charge in [-0.25, -0.2) is 9.78 Å². The van der Waals surface area contributed by atoms with E-state index in [0.29, 0.717) is 25.8 Å². The fourth-order valence-electron chi connectivity index (χ4n) is 2.61. The molecule has 0 radical (unpaired) electrons. The van der Waals surface area contributed by atoms with Gasteiger partial charge in [0, 0.05) is 12.7 Å². The van der Waals surface area contributed by atoms with Crippen molar-refractivity contribution in [1.82, 2.24) is 9.88 Å². The predicted octanol–water partition coefficient (Wildman–Crippen LogP) is 2.86. The van der Waals surface area contributed by atoms with Gasteiger partial charge in [0.25, 0.3) is 5.91 Å². The lowest BCUT2D eigenvalue weighted by Crippen LogP contribution is -2.52. The number of aromatic nitrogens is 1. The molecule has 1 atom stereocenters. The van der Waals surface area contributed by atoms with Crippen LogP contribution in [0.3, 0.4) is 0 Å².